The number of rotatable bonds is 0. The summed E-state index contributed by atoms with van der Waals surface area (Å²) in [5.74, 6) is 0.874. The highest BCUT2D eigenvalue weighted by atomic mass is 14.8. The van der Waals surface area contributed by atoms with Crippen molar-refractivity contribution in [2.45, 2.75) is 71.1 Å². The second-order valence-electron chi connectivity index (χ2n) is 6.67. The van der Waals surface area contributed by atoms with Crippen LogP contribution in [0.2, 0.25) is 0 Å². The SMILES string of the molecule is Cc1cccc2c1CC1CCCCCCCC(=N2)CC1. The minimum atomic E-state index is 0.874. The van der Waals surface area contributed by atoms with Crippen LogP contribution in [0.15, 0.2) is 23.2 Å². The molecule has 1 aliphatic heterocycles. The van der Waals surface area contributed by atoms with Gasteiger partial charge in [-0.05, 0) is 62.1 Å². The average Bonchev–Trinajstić information content (AvgIpc) is 2.45. The van der Waals surface area contributed by atoms with Crippen LogP contribution < -0.4 is 0 Å². The van der Waals surface area contributed by atoms with Crippen molar-refractivity contribution in [1.29, 1.82) is 0 Å². The molecule has 1 heterocycles. The highest BCUT2D eigenvalue weighted by Gasteiger charge is 2.18. The lowest BCUT2D eigenvalue weighted by molar-refractivity contribution is 0.429. The van der Waals surface area contributed by atoms with Gasteiger partial charge in [0, 0.05) is 5.71 Å². The summed E-state index contributed by atoms with van der Waals surface area (Å²) in [6.07, 6.45) is 13.5. The van der Waals surface area contributed by atoms with Gasteiger partial charge in [0.1, 0.15) is 0 Å². The third-order valence-electron chi connectivity index (χ3n) is 5.08. The van der Waals surface area contributed by atoms with E-state index in [2.05, 4.69) is 25.1 Å². The second kappa shape index (κ2) is 6.56. The van der Waals surface area contributed by atoms with Gasteiger partial charge in [0.2, 0.25) is 0 Å². The molecule has 3 rings (SSSR count). The van der Waals surface area contributed by atoms with Gasteiger partial charge in [-0.2, -0.15) is 0 Å². The molecule has 2 aliphatic rings. The Bertz CT molecular complexity index is 487. The van der Waals surface area contributed by atoms with E-state index in [0.29, 0.717) is 0 Å². The zero-order chi connectivity index (χ0) is 13.8. The van der Waals surface area contributed by atoms with Crippen LogP contribution in [0.1, 0.15) is 68.9 Å². The van der Waals surface area contributed by atoms with Crippen molar-refractivity contribution < 1.29 is 0 Å². The Labute approximate surface area is 123 Å². The largest absolute Gasteiger partial charge is 0.258 e. The van der Waals surface area contributed by atoms with E-state index < -0.39 is 0 Å². The molecule has 20 heavy (non-hydrogen) atoms. The maximum atomic E-state index is 5.04. The second-order valence-corrected chi connectivity index (χ2v) is 6.67. The normalized spacial score (nSPS) is 24.1. The molecule has 1 nitrogen and oxygen atoms in total. The first kappa shape index (κ1) is 13.9. The van der Waals surface area contributed by atoms with E-state index >= 15 is 0 Å². The Balaban J connectivity index is 1.96. The standard InChI is InChI=1S/C19H27N/c1-15-8-7-11-19-18(15)14-16-9-5-3-2-4-6-10-17(20-19)13-12-16/h7-8,11,16H,2-6,9-10,12-14H2,1H3. The molecule has 1 aromatic carbocycles. The van der Waals surface area contributed by atoms with Crippen LogP contribution >= 0.6 is 0 Å². The molecule has 1 unspecified atom stereocenters. The maximum Gasteiger partial charge on any atom is 0.0663 e. The van der Waals surface area contributed by atoms with Gasteiger partial charge in [-0.25, -0.2) is 0 Å². The minimum Gasteiger partial charge on any atom is -0.258 e. The van der Waals surface area contributed by atoms with Gasteiger partial charge in [0.25, 0.3) is 0 Å². The lowest BCUT2D eigenvalue weighted by Crippen LogP contribution is -2.12. The third-order valence-corrected chi connectivity index (χ3v) is 5.08. The molecule has 1 saturated carbocycles. The average molecular weight is 269 g/mol. The first-order valence-corrected chi connectivity index (χ1v) is 8.48. The predicted octanol–water partition coefficient (Wildman–Crippen LogP) is 5.76. The number of aliphatic imine (C=N–C) groups is 1. The Kier molecular flexibility index (Phi) is 4.54. The van der Waals surface area contributed by atoms with E-state index in [4.69, 9.17) is 4.99 Å². The summed E-state index contributed by atoms with van der Waals surface area (Å²) in [5, 5.41) is 0. The molecule has 0 saturated heterocycles. The van der Waals surface area contributed by atoms with E-state index in [1.807, 2.05) is 0 Å². The van der Waals surface area contributed by atoms with Crippen LogP contribution in [0.4, 0.5) is 5.69 Å². The molecule has 0 amide bonds. The fourth-order valence-corrected chi connectivity index (χ4v) is 3.76. The minimum absolute atomic E-state index is 0.874. The number of hydrogen-bond donors (Lipinski definition) is 0. The molecule has 0 aromatic heterocycles. The Hall–Kier alpha value is -1.11. The number of nitrogens with zero attached hydrogens (tertiary/aromatic N) is 1. The van der Waals surface area contributed by atoms with Crippen molar-refractivity contribution >= 4 is 11.4 Å². The first-order chi connectivity index (χ1) is 9.83. The Morgan fingerprint density at radius 3 is 2.75 bits per heavy atom. The highest BCUT2D eigenvalue weighted by Crippen LogP contribution is 2.33. The van der Waals surface area contributed by atoms with Crippen LogP contribution in [-0.2, 0) is 6.42 Å². The van der Waals surface area contributed by atoms with Gasteiger partial charge in [-0.1, -0.05) is 44.2 Å². The van der Waals surface area contributed by atoms with E-state index in [-0.39, 0.29) is 0 Å². The summed E-state index contributed by atoms with van der Waals surface area (Å²) < 4.78 is 0. The first-order valence-electron chi connectivity index (χ1n) is 8.48. The van der Waals surface area contributed by atoms with Gasteiger partial charge in [0.05, 0.1) is 5.69 Å². The highest BCUT2D eigenvalue weighted by molar-refractivity contribution is 5.87. The van der Waals surface area contributed by atoms with Crippen molar-refractivity contribution in [1.82, 2.24) is 0 Å². The van der Waals surface area contributed by atoms with E-state index in [0.717, 1.165) is 5.92 Å². The molecular weight excluding hydrogens is 242 g/mol. The zero-order valence-electron chi connectivity index (χ0n) is 12.8. The fourth-order valence-electron chi connectivity index (χ4n) is 3.76. The van der Waals surface area contributed by atoms with Gasteiger partial charge >= 0.3 is 0 Å². The summed E-state index contributed by atoms with van der Waals surface area (Å²) in [5.41, 5.74) is 5.69. The molecule has 1 atom stereocenters. The van der Waals surface area contributed by atoms with Gasteiger partial charge in [0.15, 0.2) is 0 Å². The number of aryl methyl sites for hydroxylation is 1. The summed E-state index contributed by atoms with van der Waals surface area (Å²) >= 11 is 0. The topological polar surface area (TPSA) is 12.4 Å². The monoisotopic (exact) mass is 269 g/mol. The fraction of sp³-hybridized carbons (Fsp3) is 0.632. The van der Waals surface area contributed by atoms with Gasteiger partial charge in [-0.15, -0.1) is 0 Å². The molecular formula is C19H27N. The Morgan fingerprint density at radius 1 is 0.950 bits per heavy atom. The summed E-state index contributed by atoms with van der Waals surface area (Å²) in [7, 11) is 0. The molecule has 1 heteroatoms. The smallest absolute Gasteiger partial charge is 0.0663 e. The number of benzene rings is 1. The van der Waals surface area contributed by atoms with Crippen molar-refractivity contribution in [3.63, 3.8) is 0 Å². The zero-order valence-corrected chi connectivity index (χ0v) is 12.8. The quantitative estimate of drug-likeness (QED) is 0.567. The summed E-state index contributed by atoms with van der Waals surface area (Å²) in [6, 6.07) is 6.65. The van der Waals surface area contributed by atoms with Crippen molar-refractivity contribution in [3.8, 4) is 0 Å². The van der Waals surface area contributed by atoms with Crippen molar-refractivity contribution in [3.05, 3.63) is 29.3 Å². The van der Waals surface area contributed by atoms with E-state index in [1.165, 1.54) is 86.7 Å². The molecule has 2 bridgehead atoms. The number of hydrogen-bond acceptors (Lipinski definition) is 1. The van der Waals surface area contributed by atoms with Gasteiger partial charge in [-0.3, -0.25) is 4.99 Å². The molecule has 1 aromatic rings. The van der Waals surface area contributed by atoms with Crippen LogP contribution in [0.5, 0.6) is 0 Å². The van der Waals surface area contributed by atoms with Crippen LogP contribution in [0.25, 0.3) is 0 Å². The van der Waals surface area contributed by atoms with Crippen LogP contribution in [0, 0.1) is 12.8 Å². The molecule has 108 valence electrons. The van der Waals surface area contributed by atoms with Gasteiger partial charge < -0.3 is 0 Å². The molecule has 1 fully saturated rings. The third kappa shape index (κ3) is 3.31. The number of fused-ring (bicyclic) bond motifs is 4. The Morgan fingerprint density at radius 2 is 1.80 bits per heavy atom. The van der Waals surface area contributed by atoms with E-state index in [1.54, 1.807) is 0 Å². The molecule has 0 N–H and O–H groups in total. The van der Waals surface area contributed by atoms with Crippen LogP contribution in [-0.4, -0.2) is 5.71 Å². The van der Waals surface area contributed by atoms with Crippen LogP contribution in [0.3, 0.4) is 0 Å². The maximum absolute atomic E-state index is 5.04. The summed E-state index contributed by atoms with van der Waals surface area (Å²) in [6.45, 7) is 2.25. The van der Waals surface area contributed by atoms with E-state index in [9.17, 15) is 0 Å². The lowest BCUT2D eigenvalue weighted by Gasteiger charge is -2.22. The lowest BCUT2D eigenvalue weighted by atomic mass is 9.86. The van der Waals surface area contributed by atoms with Crippen molar-refractivity contribution in [2.75, 3.05) is 0 Å². The summed E-state index contributed by atoms with van der Waals surface area (Å²) in [4.78, 5) is 5.04. The van der Waals surface area contributed by atoms with Crippen molar-refractivity contribution in [2.24, 2.45) is 10.9 Å². The molecule has 0 spiro atoms. The molecule has 1 aliphatic carbocycles. The predicted molar refractivity (Wildman–Crippen MR) is 87.0 cm³/mol. The molecule has 0 radical (unpaired) electrons.